The zero-order valence-electron chi connectivity index (χ0n) is 13.6. The van der Waals surface area contributed by atoms with E-state index in [0.717, 1.165) is 22.5 Å². The SMILES string of the molecule is COc1cc(OC)c(C[NH2+][C@@H]2CCCc3ccccc32)cc1Br. The second-order valence-electron chi connectivity index (χ2n) is 5.94. The number of halogens is 1. The molecule has 0 radical (unpaired) electrons. The Morgan fingerprint density at radius 2 is 1.91 bits per heavy atom. The maximum Gasteiger partial charge on any atom is 0.136 e. The maximum absolute atomic E-state index is 5.53. The molecule has 3 rings (SSSR count). The fourth-order valence-corrected chi connectivity index (χ4v) is 3.94. The molecular formula is C19H23BrNO2+. The number of aryl methyl sites for hydroxylation is 1. The molecule has 0 heterocycles. The van der Waals surface area contributed by atoms with Gasteiger partial charge in [-0.1, -0.05) is 24.3 Å². The van der Waals surface area contributed by atoms with E-state index in [9.17, 15) is 0 Å². The van der Waals surface area contributed by atoms with Crippen LogP contribution in [0, 0.1) is 0 Å². The van der Waals surface area contributed by atoms with Crippen LogP contribution in [0.4, 0.5) is 0 Å². The van der Waals surface area contributed by atoms with Crippen molar-refractivity contribution in [2.45, 2.75) is 31.8 Å². The van der Waals surface area contributed by atoms with Crippen molar-refractivity contribution in [3.05, 3.63) is 57.6 Å². The largest absolute Gasteiger partial charge is 0.496 e. The third-order valence-electron chi connectivity index (χ3n) is 4.59. The van der Waals surface area contributed by atoms with Crippen molar-refractivity contribution < 1.29 is 14.8 Å². The van der Waals surface area contributed by atoms with Crippen LogP contribution in [0.15, 0.2) is 40.9 Å². The molecule has 0 unspecified atom stereocenters. The molecule has 4 heteroatoms. The van der Waals surface area contributed by atoms with Crippen molar-refractivity contribution >= 4 is 15.9 Å². The van der Waals surface area contributed by atoms with Gasteiger partial charge in [-0.3, -0.25) is 0 Å². The minimum absolute atomic E-state index is 0.533. The quantitative estimate of drug-likeness (QED) is 0.864. The van der Waals surface area contributed by atoms with Crippen LogP contribution in [-0.2, 0) is 13.0 Å². The summed E-state index contributed by atoms with van der Waals surface area (Å²) in [6.07, 6.45) is 3.70. The zero-order valence-corrected chi connectivity index (χ0v) is 15.2. The molecule has 23 heavy (non-hydrogen) atoms. The molecule has 1 aliphatic carbocycles. The standard InChI is InChI=1S/C19H22BrNO2/c1-22-18-11-19(23-2)16(20)10-14(18)12-21-17-9-5-7-13-6-3-4-8-15(13)17/h3-4,6,8,10-11,17,21H,5,7,9,12H2,1-2H3/p+1/t17-/m1/s1. The van der Waals surface area contributed by atoms with Crippen LogP contribution in [-0.4, -0.2) is 14.2 Å². The Balaban J connectivity index is 1.78. The average Bonchev–Trinajstić information content (AvgIpc) is 2.60. The highest BCUT2D eigenvalue weighted by Gasteiger charge is 2.23. The first-order valence-corrected chi connectivity index (χ1v) is 8.83. The second-order valence-corrected chi connectivity index (χ2v) is 6.79. The van der Waals surface area contributed by atoms with Gasteiger partial charge in [0.15, 0.2) is 0 Å². The lowest BCUT2D eigenvalue weighted by Gasteiger charge is -2.24. The van der Waals surface area contributed by atoms with Gasteiger partial charge in [-0.15, -0.1) is 0 Å². The van der Waals surface area contributed by atoms with Gasteiger partial charge in [-0.05, 0) is 40.4 Å². The summed E-state index contributed by atoms with van der Waals surface area (Å²) >= 11 is 3.57. The maximum atomic E-state index is 5.53. The highest BCUT2D eigenvalue weighted by atomic mass is 79.9. The van der Waals surface area contributed by atoms with Gasteiger partial charge in [0, 0.05) is 23.6 Å². The fraction of sp³-hybridized carbons (Fsp3) is 0.368. The van der Waals surface area contributed by atoms with Gasteiger partial charge < -0.3 is 14.8 Å². The number of fused-ring (bicyclic) bond motifs is 1. The summed E-state index contributed by atoms with van der Waals surface area (Å²) in [4.78, 5) is 0. The predicted octanol–water partition coefficient (Wildman–Crippen LogP) is 3.61. The summed E-state index contributed by atoms with van der Waals surface area (Å²) in [5.41, 5.74) is 4.18. The van der Waals surface area contributed by atoms with Crippen molar-refractivity contribution in [1.82, 2.24) is 0 Å². The van der Waals surface area contributed by atoms with Crippen LogP contribution in [0.5, 0.6) is 11.5 Å². The van der Waals surface area contributed by atoms with Crippen molar-refractivity contribution in [1.29, 1.82) is 0 Å². The van der Waals surface area contributed by atoms with E-state index >= 15 is 0 Å². The molecule has 0 aliphatic heterocycles. The molecule has 122 valence electrons. The van der Waals surface area contributed by atoms with E-state index in [-0.39, 0.29) is 0 Å². The van der Waals surface area contributed by atoms with E-state index in [1.165, 1.54) is 36.0 Å². The summed E-state index contributed by atoms with van der Waals surface area (Å²) < 4.78 is 11.8. The Morgan fingerprint density at radius 1 is 1.13 bits per heavy atom. The number of methoxy groups -OCH3 is 2. The molecule has 0 saturated carbocycles. The van der Waals surface area contributed by atoms with E-state index in [0.29, 0.717) is 6.04 Å². The lowest BCUT2D eigenvalue weighted by molar-refractivity contribution is -0.712. The number of hydrogen-bond acceptors (Lipinski definition) is 2. The first-order valence-electron chi connectivity index (χ1n) is 8.04. The first-order chi connectivity index (χ1) is 11.2. The monoisotopic (exact) mass is 376 g/mol. The normalized spacial score (nSPS) is 16.7. The summed E-state index contributed by atoms with van der Waals surface area (Å²) in [5.74, 6) is 1.68. The van der Waals surface area contributed by atoms with Gasteiger partial charge >= 0.3 is 0 Å². The van der Waals surface area contributed by atoms with Gasteiger partial charge in [0.1, 0.15) is 24.1 Å². The van der Waals surface area contributed by atoms with Crippen LogP contribution in [0.2, 0.25) is 0 Å². The molecule has 0 saturated heterocycles. The number of ether oxygens (including phenoxy) is 2. The highest BCUT2D eigenvalue weighted by molar-refractivity contribution is 9.10. The lowest BCUT2D eigenvalue weighted by Crippen LogP contribution is -2.84. The minimum Gasteiger partial charge on any atom is -0.496 e. The Hall–Kier alpha value is -1.52. The fourth-order valence-electron chi connectivity index (χ4n) is 3.39. The van der Waals surface area contributed by atoms with Crippen LogP contribution in [0.25, 0.3) is 0 Å². The lowest BCUT2D eigenvalue weighted by atomic mass is 9.87. The Kier molecular flexibility index (Phi) is 5.23. The van der Waals surface area contributed by atoms with Gasteiger partial charge in [-0.25, -0.2) is 0 Å². The first kappa shape index (κ1) is 16.3. The van der Waals surface area contributed by atoms with Crippen LogP contribution in [0.1, 0.15) is 35.6 Å². The average molecular weight is 377 g/mol. The molecular weight excluding hydrogens is 354 g/mol. The Labute approximate surface area is 146 Å². The zero-order chi connectivity index (χ0) is 16.2. The number of nitrogens with two attached hydrogens (primary N) is 1. The third kappa shape index (κ3) is 3.54. The summed E-state index contributed by atoms with van der Waals surface area (Å²) in [6, 6.07) is 13.4. The van der Waals surface area contributed by atoms with Crippen molar-refractivity contribution in [2.75, 3.05) is 14.2 Å². The number of benzene rings is 2. The number of hydrogen-bond donors (Lipinski definition) is 1. The highest BCUT2D eigenvalue weighted by Crippen LogP contribution is 2.33. The Morgan fingerprint density at radius 3 is 2.70 bits per heavy atom. The molecule has 1 aliphatic rings. The van der Waals surface area contributed by atoms with E-state index < -0.39 is 0 Å². The van der Waals surface area contributed by atoms with E-state index in [1.807, 2.05) is 6.07 Å². The van der Waals surface area contributed by atoms with Gasteiger partial charge in [0.25, 0.3) is 0 Å². The topological polar surface area (TPSA) is 35.1 Å². The van der Waals surface area contributed by atoms with E-state index in [2.05, 4.69) is 51.6 Å². The predicted molar refractivity (Wildman–Crippen MR) is 95.0 cm³/mol. The van der Waals surface area contributed by atoms with Crippen molar-refractivity contribution in [3.63, 3.8) is 0 Å². The Bertz CT molecular complexity index is 687. The van der Waals surface area contributed by atoms with Crippen LogP contribution < -0.4 is 14.8 Å². The van der Waals surface area contributed by atoms with Gasteiger partial charge in [0.05, 0.1) is 18.7 Å². The molecule has 3 nitrogen and oxygen atoms in total. The van der Waals surface area contributed by atoms with Gasteiger partial charge in [0.2, 0.25) is 0 Å². The van der Waals surface area contributed by atoms with Gasteiger partial charge in [-0.2, -0.15) is 0 Å². The minimum atomic E-state index is 0.533. The molecule has 0 aromatic heterocycles. The number of rotatable bonds is 5. The van der Waals surface area contributed by atoms with Crippen molar-refractivity contribution in [2.24, 2.45) is 0 Å². The summed E-state index contributed by atoms with van der Waals surface area (Å²) in [7, 11) is 3.38. The molecule has 0 amide bonds. The van der Waals surface area contributed by atoms with Crippen LogP contribution in [0.3, 0.4) is 0 Å². The van der Waals surface area contributed by atoms with E-state index in [1.54, 1.807) is 14.2 Å². The molecule has 0 spiro atoms. The molecule has 2 N–H and O–H groups in total. The van der Waals surface area contributed by atoms with E-state index in [4.69, 9.17) is 9.47 Å². The van der Waals surface area contributed by atoms with Crippen molar-refractivity contribution in [3.8, 4) is 11.5 Å². The summed E-state index contributed by atoms with van der Waals surface area (Å²) in [5, 5.41) is 2.43. The second kappa shape index (κ2) is 7.37. The molecule has 1 atom stereocenters. The smallest absolute Gasteiger partial charge is 0.136 e. The molecule has 0 bridgehead atoms. The third-order valence-corrected chi connectivity index (χ3v) is 5.21. The van der Waals surface area contributed by atoms with Crippen LogP contribution >= 0.6 is 15.9 Å². The number of quaternary nitrogens is 1. The summed E-state index contributed by atoms with van der Waals surface area (Å²) in [6.45, 7) is 0.894. The molecule has 0 fully saturated rings. The molecule has 2 aromatic rings. The molecule has 2 aromatic carbocycles.